The molecule has 0 radical (unpaired) electrons. The monoisotopic (exact) mass is 498 g/mol. The van der Waals surface area contributed by atoms with Crippen molar-refractivity contribution in [2.45, 2.75) is 6.54 Å². The summed E-state index contributed by atoms with van der Waals surface area (Å²) < 4.78 is 12.0. The van der Waals surface area contributed by atoms with Crippen LogP contribution < -0.4 is 14.9 Å². The van der Waals surface area contributed by atoms with Gasteiger partial charge in [-0.05, 0) is 60.2 Å². The first kappa shape index (κ1) is 23.4. The van der Waals surface area contributed by atoms with E-state index in [-0.39, 0.29) is 18.2 Å². The van der Waals surface area contributed by atoms with Gasteiger partial charge in [0.25, 0.3) is 5.91 Å². The molecular weight excluding hydrogens is 479 g/mol. The SMILES string of the molecule is COc1ccc(-c2nc3cc(Cl)c(Cl)cc3n2CC(=O)NN=Cc2ccc(O)c(OC)c2)cc1. The summed E-state index contributed by atoms with van der Waals surface area (Å²) >= 11 is 12.4. The number of aromatic nitrogens is 2. The molecule has 0 atom stereocenters. The van der Waals surface area contributed by atoms with Gasteiger partial charge in [0.05, 0.1) is 41.5 Å². The Kier molecular flexibility index (Phi) is 6.90. The summed E-state index contributed by atoms with van der Waals surface area (Å²) in [5.74, 6) is 1.22. The molecule has 34 heavy (non-hydrogen) atoms. The van der Waals surface area contributed by atoms with E-state index in [0.29, 0.717) is 44.0 Å². The van der Waals surface area contributed by atoms with Gasteiger partial charge < -0.3 is 19.1 Å². The van der Waals surface area contributed by atoms with Crippen molar-refractivity contribution in [1.29, 1.82) is 0 Å². The highest BCUT2D eigenvalue weighted by Crippen LogP contribution is 2.32. The Morgan fingerprint density at radius 3 is 2.53 bits per heavy atom. The number of carbonyl (C=O) groups excluding carboxylic acids is 1. The second-order valence-electron chi connectivity index (χ2n) is 7.23. The van der Waals surface area contributed by atoms with Gasteiger partial charge in [-0.2, -0.15) is 5.10 Å². The van der Waals surface area contributed by atoms with Crippen LogP contribution in [0.3, 0.4) is 0 Å². The summed E-state index contributed by atoms with van der Waals surface area (Å²) in [6.07, 6.45) is 1.45. The third-order valence-corrected chi connectivity index (χ3v) is 5.77. The van der Waals surface area contributed by atoms with Crippen molar-refractivity contribution in [2.24, 2.45) is 5.10 Å². The second-order valence-corrected chi connectivity index (χ2v) is 8.04. The number of phenols is 1. The van der Waals surface area contributed by atoms with E-state index in [1.54, 1.807) is 35.9 Å². The molecule has 2 N–H and O–H groups in total. The summed E-state index contributed by atoms with van der Waals surface area (Å²) in [7, 11) is 3.04. The first-order valence-corrected chi connectivity index (χ1v) is 10.8. The summed E-state index contributed by atoms with van der Waals surface area (Å²) in [6, 6.07) is 15.4. The lowest BCUT2D eigenvalue weighted by molar-refractivity contribution is -0.121. The van der Waals surface area contributed by atoms with Crippen molar-refractivity contribution in [3.63, 3.8) is 0 Å². The van der Waals surface area contributed by atoms with E-state index < -0.39 is 0 Å². The lowest BCUT2D eigenvalue weighted by Crippen LogP contribution is -2.23. The molecule has 0 spiro atoms. The number of hydrazone groups is 1. The molecule has 1 aromatic heterocycles. The zero-order valence-electron chi connectivity index (χ0n) is 18.3. The number of aromatic hydroxyl groups is 1. The summed E-state index contributed by atoms with van der Waals surface area (Å²) in [6.45, 7) is -0.0634. The molecule has 0 unspecified atom stereocenters. The van der Waals surface area contributed by atoms with Crippen molar-refractivity contribution < 1.29 is 19.4 Å². The molecule has 0 fully saturated rings. The van der Waals surface area contributed by atoms with Crippen LogP contribution in [0.5, 0.6) is 17.2 Å². The van der Waals surface area contributed by atoms with Gasteiger partial charge in [0.2, 0.25) is 0 Å². The number of benzene rings is 3. The first-order chi connectivity index (χ1) is 16.4. The number of hydrogen-bond donors (Lipinski definition) is 2. The average Bonchev–Trinajstić information content (AvgIpc) is 3.17. The topological polar surface area (TPSA) is 98.0 Å². The van der Waals surface area contributed by atoms with Crippen molar-refractivity contribution in [3.05, 3.63) is 70.2 Å². The molecule has 1 heterocycles. The zero-order valence-corrected chi connectivity index (χ0v) is 19.8. The lowest BCUT2D eigenvalue weighted by Gasteiger charge is -2.09. The van der Waals surface area contributed by atoms with E-state index in [0.717, 1.165) is 5.56 Å². The zero-order chi connectivity index (χ0) is 24.2. The van der Waals surface area contributed by atoms with Crippen LogP contribution in [0.15, 0.2) is 59.7 Å². The Morgan fingerprint density at radius 2 is 1.82 bits per heavy atom. The van der Waals surface area contributed by atoms with Crippen LogP contribution in [0.1, 0.15) is 5.56 Å². The molecule has 0 saturated heterocycles. The van der Waals surface area contributed by atoms with Crippen molar-refractivity contribution in [3.8, 4) is 28.6 Å². The minimum atomic E-state index is -0.373. The number of carbonyl (C=O) groups is 1. The van der Waals surface area contributed by atoms with Crippen LogP contribution >= 0.6 is 23.2 Å². The maximum atomic E-state index is 12.7. The van der Waals surface area contributed by atoms with E-state index in [2.05, 4.69) is 15.5 Å². The van der Waals surface area contributed by atoms with Crippen molar-refractivity contribution >= 4 is 46.4 Å². The summed E-state index contributed by atoms with van der Waals surface area (Å²) in [4.78, 5) is 17.4. The van der Waals surface area contributed by atoms with Crippen LogP contribution in [0.2, 0.25) is 10.0 Å². The molecule has 4 aromatic rings. The van der Waals surface area contributed by atoms with Gasteiger partial charge in [-0.3, -0.25) is 4.79 Å². The van der Waals surface area contributed by atoms with Crippen LogP contribution in [-0.4, -0.2) is 41.0 Å². The van der Waals surface area contributed by atoms with Gasteiger partial charge in [0, 0.05) is 5.56 Å². The maximum Gasteiger partial charge on any atom is 0.260 e. The number of methoxy groups -OCH3 is 2. The molecule has 174 valence electrons. The van der Waals surface area contributed by atoms with Gasteiger partial charge >= 0.3 is 0 Å². The standard InChI is InChI=1S/C24H20Cl2N4O4/c1-33-16-6-4-15(5-7-16)24-28-19-10-17(25)18(26)11-20(19)30(24)13-23(32)29-27-12-14-3-8-21(31)22(9-14)34-2/h3-12,31H,13H2,1-2H3,(H,29,32). The third-order valence-electron chi connectivity index (χ3n) is 5.05. The van der Waals surface area contributed by atoms with Crippen molar-refractivity contribution in [2.75, 3.05) is 14.2 Å². The number of hydrogen-bond acceptors (Lipinski definition) is 6. The molecule has 8 nitrogen and oxygen atoms in total. The molecule has 0 aliphatic rings. The number of halogens is 2. The number of fused-ring (bicyclic) bond motifs is 1. The Hall–Kier alpha value is -3.75. The third kappa shape index (κ3) is 4.93. The molecule has 0 aliphatic heterocycles. The molecule has 0 saturated carbocycles. The molecular formula is C24H20Cl2N4O4. The maximum absolute atomic E-state index is 12.7. The minimum absolute atomic E-state index is 0.0143. The number of imidazole rings is 1. The normalized spacial score (nSPS) is 11.2. The first-order valence-electron chi connectivity index (χ1n) is 10.1. The predicted octanol–water partition coefficient (Wildman–Crippen LogP) is 4.88. The van der Waals surface area contributed by atoms with E-state index in [4.69, 9.17) is 32.7 Å². The van der Waals surface area contributed by atoms with Gasteiger partial charge in [0.15, 0.2) is 11.5 Å². The second kappa shape index (κ2) is 10.0. The van der Waals surface area contributed by atoms with E-state index in [1.807, 2.05) is 24.3 Å². The van der Waals surface area contributed by atoms with Gasteiger partial charge in [-0.25, -0.2) is 10.4 Å². The van der Waals surface area contributed by atoms with Crippen LogP contribution in [0, 0.1) is 0 Å². The fourth-order valence-corrected chi connectivity index (χ4v) is 3.69. The highest BCUT2D eigenvalue weighted by Gasteiger charge is 2.17. The molecule has 10 heteroatoms. The highest BCUT2D eigenvalue weighted by atomic mass is 35.5. The van der Waals surface area contributed by atoms with Gasteiger partial charge in [-0.1, -0.05) is 23.2 Å². The fourth-order valence-electron chi connectivity index (χ4n) is 3.37. The Bertz CT molecular complexity index is 1380. The number of phenolic OH excluding ortho intramolecular Hbond substituents is 1. The minimum Gasteiger partial charge on any atom is -0.504 e. The number of nitrogens with zero attached hydrogens (tertiary/aromatic N) is 3. The smallest absolute Gasteiger partial charge is 0.260 e. The fraction of sp³-hybridized carbons (Fsp3) is 0.125. The quantitative estimate of drug-likeness (QED) is 0.279. The molecule has 4 rings (SSSR count). The number of amides is 1. The van der Waals surface area contributed by atoms with Gasteiger partial charge in [-0.15, -0.1) is 0 Å². The highest BCUT2D eigenvalue weighted by molar-refractivity contribution is 6.42. The predicted molar refractivity (Wildman–Crippen MR) is 132 cm³/mol. The van der Waals surface area contributed by atoms with E-state index >= 15 is 0 Å². The van der Waals surface area contributed by atoms with Gasteiger partial charge in [0.1, 0.15) is 18.1 Å². The Balaban J connectivity index is 1.61. The largest absolute Gasteiger partial charge is 0.504 e. The van der Waals surface area contributed by atoms with Crippen LogP contribution in [0.25, 0.3) is 22.4 Å². The summed E-state index contributed by atoms with van der Waals surface area (Å²) in [5.41, 5.74) is 5.20. The number of rotatable bonds is 7. The molecule has 0 bridgehead atoms. The molecule has 3 aromatic carbocycles. The van der Waals surface area contributed by atoms with Crippen LogP contribution in [0.4, 0.5) is 0 Å². The average molecular weight is 499 g/mol. The van der Waals surface area contributed by atoms with Crippen molar-refractivity contribution in [1.82, 2.24) is 15.0 Å². The van der Waals surface area contributed by atoms with E-state index in [9.17, 15) is 9.90 Å². The Labute approximate surface area is 205 Å². The van der Waals surface area contributed by atoms with E-state index in [1.165, 1.54) is 19.4 Å². The Morgan fingerprint density at radius 1 is 1.09 bits per heavy atom. The molecule has 1 amide bonds. The number of ether oxygens (including phenoxy) is 2. The molecule has 0 aliphatic carbocycles. The summed E-state index contributed by atoms with van der Waals surface area (Å²) in [5, 5.41) is 14.4. The lowest BCUT2D eigenvalue weighted by atomic mass is 10.2. The van der Waals surface area contributed by atoms with Crippen LogP contribution in [-0.2, 0) is 11.3 Å². The number of nitrogens with one attached hydrogen (secondary N) is 1.